The van der Waals surface area contributed by atoms with E-state index < -0.39 is 0 Å². The van der Waals surface area contributed by atoms with Gasteiger partial charge in [-0.25, -0.2) is 0 Å². The molecular formula is C10H17NO. The molecule has 1 heterocycles. The second-order valence-electron chi connectivity index (χ2n) is 3.41. The summed E-state index contributed by atoms with van der Waals surface area (Å²) in [6.07, 6.45) is 1.62. The first-order valence-corrected chi connectivity index (χ1v) is 4.18. The number of H-pyrrole nitrogens is 1. The van der Waals surface area contributed by atoms with Gasteiger partial charge in [-0.2, -0.15) is 0 Å². The van der Waals surface area contributed by atoms with Crippen LogP contribution in [0.25, 0.3) is 0 Å². The number of pyridine rings is 1. The Hall–Kier alpha value is -1.05. The van der Waals surface area contributed by atoms with Crippen molar-refractivity contribution in [3.63, 3.8) is 0 Å². The molecule has 0 radical (unpaired) electrons. The number of hydrogen-bond acceptors (Lipinski definition) is 1. The van der Waals surface area contributed by atoms with Crippen molar-refractivity contribution in [2.45, 2.75) is 27.7 Å². The largest absolute Gasteiger partial charge is 0.329 e. The van der Waals surface area contributed by atoms with Crippen LogP contribution >= 0.6 is 0 Å². The fraction of sp³-hybridized carbons (Fsp3) is 0.500. The Morgan fingerprint density at radius 3 is 2.08 bits per heavy atom. The van der Waals surface area contributed by atoms with E-state index in [4.69, 9.17) is 0 Å². The van der Waals surface area contributed by atoms with E-state index in [0.29, 0.717) is 0 Å². The Kier molecular flexibility index (Phi) is 5.09. The summed E-state index contributed by atoms with van der Waals surface area (Å²) in [6, 6.07) is 3.58. The minimum atomic E-state index is -0.00694. The molecule has 0 aromatic carbocycles. The van der Waals surface area contributed by atoms with Crippen molar-refractivity contribution in [3.05, 3.63) is 34.2 Å². The molecule has 1 N–H and O–H groups in total. The quantitative estimate of drug-likeness (QED) is 0.632. The molecule has 2 heteroatoms. The third-order valence-corrected chi connectivity index (χ3v) is 1.02. The lowest BCUT2D eigenvalue weighted by Crippen LogP contribution is -2.06. The van der Waals surface area contributed by atoms with Crippen LogP contribution in [-0.4, -0.2) is 4.98 Å². The molecule has 0 aliphatic heterocycles. The molecule has 1 aromatic heterocycles. The second kappa shape index (κ2) is 5.58. The molecule has 0 aliphatic rings. The Balaban J connectivity index is 0.000000261. The van der Waals surface area contributed by atoms with Crippen molar-refractivity contribution in [3.8, 4) is 0 Å². The van der Waals surface area contributed by atoms with Gasteiger partial charge in [0.05, 0.1) is 0 Å². The monoisotopic (exact) mass is 167 g/mol. The highest BCUT2D eigenvalue weighted by molar-refractivity contribution is 5.05. The first kappa shape index (κ1) is 11.0. The van der Waals surface area contributed by atoms with E-state index in [-0.39, 0.29) is 5.56 Å². The Bertz CT molecular complexity index is 260. The highest BCUT2D eigenvalue weighted by Crippen LogP contribution is 1.81. The van der Waals surface area contributed by atoms with Crippen LogP contribution in [0.5, 0.6) is 0 Å². The molecule has 0 atom stereocenters. The molecule has 0 unspecified atom stereocenters. The number of aromatic nitrogens is 1. The van der Waals surface area contributed by atoms with Gasteiger partial charge < -0.3 is 4.98 Å². The van der Waals surface area contributed by atoms with Gasteiger partial charge >= 0.3 is 0 Å². The standard InChI is InChI=1S/C6H7NO.C4H10/c1-5-3-2-4-7-6(5)8;1-4(2)3/h2-4H,1H3,(H,7,8);4H,1-3H3. The van der Waals surface area contributed by atoms with Crippen LogP contribution in [-0.2, 0) is 0 Å². The molecule has 0 saturated heterocycles. The van der Waals surface area contributed by atoms with E-state index in [1.54, 1.807) is 25.3 Å². The van der Waals surface area contributed by atoms with Gasteiger partial charge in [-0.3, -0.25) is 4.79 Å². The van der Waals surface area contributed by atoms with Gasteiger partial charge in [-0.05, 0) is 18.9 Å². The van der Waals surface area contributed by atoms with E-state index in [1.165, 1.54) is 0 Å². The Labute approximate surface area is 73.6 Å². The van der Waals surface area contributed by atoms with Crippen molar-refractivity contribution in [1.29, 1.82) is 0 Å². The number of aromatic amines is 1. The average Bonchev–Trinajstić information content (AvgIpc) is 1.94. The van der Waals surface area contributed by atoms with Gasteiger partial charge in [0.25, 0.3) is 5.56 Å². The summed E-state index contributed by atoms with van der Waals surface area (Å²) < 4.78 is 0. The SMILES string of the molecule is CC(C)C.Cc1ccc[nH]c1=O. The lowest BCUT2D eigenvalue weighted by atomic mass is 10.3. The average molecular weight is 167 g/mol. The van der Waals surface area contributed by atoms with Gasteiger partial charge in [0.1, 0.15) is 0 Å². The van der Waals surface area contributed by atoms with Crippen LogP contribution in [0.4, 0.5) is 0 Å². The first-order valence-electron chi connectivity index (χ1n) is 4.18. The molecule has 68 valence electrons. The molecule has 1 rings (SSSR count). The molecule has 12 heavy (non-hydrogen) atoms. The van der Waals surface area contributed by atoms with Crippen LogP contribution in [0.15, 0.2) is 23.1 Å². The van der Waals surface area contributed by atoms with Crippen molar-refractivity contribution < 1.29 is 0 Å². The summed E-state index contributed by atoms with van der Waals surface area (Å²) in [5.74, 6) is 0.833. The fourth-order valence-corrected chi connectivity index (χ4v) is 0.506. The van der Waals surface area contributed by atoms with Crippen molar-refractivity contribution in [2.24, 2.45) is 5.92 Å². The third-order valence-electron chi connectivity index (χ3n) is 1.02. The maximum absolute atomic E-state index is 10.6. The van der Waals surface area contributed by atoms with Crippen LogP contribution < -0.4 is 5.56 Å². The van der Waals surface area contributed by atoms with Crippen LogP contribution in [0, 0.1) is 12.8 Å². The van der Waals surface area contributed by atoms with E-state index in [9.17, 15) is 4.79 Å². The fourth-order valence-electron chi connectivity index (χ4n) is 0.506. The smallest absolute Gasteiger partial charge is 0.250 e. The summed E-state index contributed by atoms with van der Waals surface area (Å²) in [4.78, 5) is 13.1. The highest BCUT2D eigenvalue weighted by Gasteiger charge is 1.83. The predicted molar refractivity (Wildman–Crippen MR) is 52.3 cm³/mol. The van der Waals surface area contributed by atoms with Gasteiger partial charge in [-0.15, -0.1) is 0 Å². The topological polar surface area (TPSA) is 32.9 Å². The molecule has 0 bridgehead atoms. The van der Waals surface area contributed by atoms with E-state index in [1.807, 2.05) is 0 Å². The van der Waals surface area contributed by atoms with Crippen LogP contribution in [0.2, 0.25) is 0 Å². The maximum atomic E-state index is 10.6. The predicted octanol–water partition coefficient (Wildman–Crippen LogP) is 2.35. The molecule has 2 nitrogen and oxygen atoms in total. The zero-order valence-corrected chi connectivity index (χ0v) is 8.22. The molecular weight excluding hydrogens is 150 g/mol. The Morgan fingerprint density at radius 2 is 1.83 bits per heavy atom. The molecule has 0 saturated carbocycles. The summed E-state index contributed by atoms with van der Waals surface area (Å²) in [5, 5.41) is 0. The third kappa shape index (κ3) is 5.71. The number of aryl methyl sites for hydroxylation is 1. The number of hydrogen-bond donors (Lipinski definition) is 1. The normalized spacial score (nSPS) is 9.08. The number of rotatable bonds is 0. The number of nitrogens with one attached hydrogen (secondary N) is 1. The summed E-state index contributed by atoms with van der Waals surface area (Å²) in [6.45, 7) is 8.28. The van der Waals surface area contributed by atoms with Gasteiger partial charge in [0, 0.05) is 11.8 Å². The van der Waals surface area contributed by atoms with Gasteiger partial charge in [0.2, 0.25) is 0 Å². The second-order valence-corrected chi connectivity index (χ2v) is 3.41. The van der Waals surface area contributed by atoms with Crippen molar-refractivity contribution in [2.75, 3.05) is 0 Å². The summed E-state index contributed by atoms with van der Waals surface area (Å²) in [5.41, 5.74) is 0.750. The first-order chi connectivity index (χ1) is 5.54. The summed E-state index contributed by atoms with van der Waals surface area (Å²) >= 11 is 0. The molecule has 0 aliphatic carbocycles. The summed E-state index contributed by atoms with van der Waals surface area (Å²) in [7, 11) is 0. The maximum Gasteiger partial charge on any atom is 0.250 e. The van der Waals surface area contributed by atoms with Crippen LogP contribution in [0.3, 0.4) is 0 Å². The molecule has 0 fully saturated rings. The van der Waals surface area contributed by atoms with E-state index >= 15 is 0 Å². The molecule has 0 spiro atoms. The van der Waals surface area contributed by atoms with Crippen molar-refractivity contribution >= 4 is 0 Å². The van der Waals surface area contributed by atoms with E-state index in [2.05, 4.69) is 25.8 Å². The minimum Gasteiger partial charge on any atom is -0.329 e. The zero-order valence-electron chi connectivity index (χ0n) is 8.22. The molecule has 0 amide bonds. The highest BCUT2D eigenvalue weighted by atomic mass is 16.1. The molecule has 1 aromatic rings. The van der Waals surface area contributed by atoms with Crippen LogP contribution in [0.1, 0.15) is 26.3 Å². The van der Waals surface area contributed by atoms with Crippen molar-refractivity contribution in [1.82, 2.24) is 4.98 Å². The lowest BCUT2D eigenvalue weighted by molar-refractivity contribution is 0.737. The Morgan fingerprint density at radius 1 is 1.33 bits per heavy atom. The minimum absolute atomic E-state index is 0.00694. The van der Waals surface area contributed by atoms with E-state index in [0.717, 1.165) is 11.5 Å². The van der Waals surface area contributed by atoms with Gasteiger partial charge in [0.15, 0.2) is 0 Å². The van der Waals surface area contributed by atoms with Gasteiger partial charge in [-0.1, -0.05) is 26.8 Å². The lowest BCUT2D eigenvalue weighted by Gasteiger charge is -1.83. The zero-order chi connectivity index (χ0) is 9.56.